The van der Waals surface area contributed by atoms with Gasteiger partial charge in [0.25, 0.3) is 5.69 Å². The SMILES string of the molecule is Cc1cc(C(=O)COC(=O)C=Cc2cccc([N+](=O)[O-])c2)c(C)n1CC(F)(F)F. The number of aryl methyl sites for hydroxylation is 1. The van der Waals surface area contributed by atoms with Crippen LogP contribution >= 0.6 is 0 Å². The van der Waals surface area contributed by atoms with E-state index in [0.29, 0.717) is 5.56 Å². The highest BCUT2D eigenvalue weighted by Crippen LogP contribution is 2.23. The van der Waals surface area contributed by atoms with Crippen LogP contribution in [0.5, 0.6) is 0 Å². The lowest BCUT2D eigenvalue weighted by atomic mass is 10.1. The summed E-state index contributed by atoms with van der Waals surface area (Å²) >= 11 is 0. The molecular formula is C19H17F3N2O5. The number of halogens is 3. The third-order valence-corrected chi connectivity index (χ3v) is 4.05. The predicted octanol–water partition coefficient (Wildman–Crippen LogP) is 4.01. The van der Waals surface area contributed by atoms with Crippen molar-refractivity contribution in [1.82, 2.24) is 4.57 Å². The number of non-ortho nitro benzene ring substituents is 1. The minimum absolute atomic E-state index is 0.0437. The Morgan fingerprint density at radius 1 is 1.24 bits per heavy atom. The zero-order valence-corrected chi connectivity index (χ0v) is 15.5. The first-order valence-corrected chi connectivity index (χ1v) is 8.34. The van der Waals surface area contributed by atoms with Crippen LogP contribution in [-0.2, 0) is 16.1 Å². The van der Waals surface area contributed by atoms with Gasteiger partial charge in [-0.15, -0.1) is 0 Å². The summed E-state index contributed by atoms with van der Waals surface area (Å²) in [5.74, 6) is -1.50. The fourth-order valence-electron chi connectivity index (χ4n) is 2.67. The topological polar surface area (TPSA) is 91.4 Å². The van der Waals surface area contributed by atoms with E-state index in [4.69, 9.17) is 4.74 Å². The predicted molar refractivity (Wildman–Crippen MR) is 97.4 cm³/mol. The van der Waals surface area contributed by atoms with E-state index >= 15 is 0 Å². The van der Waals surface area contributed by atoms with Crippen LogP contribution in [0.2, 0.25) is 0 Å². The maximum Gasteiger partial charge on any atom is 0.406 e. The monoisotopic (exact) mass is 410 g/mol. The van der Waals surface area contributed by atoms with E-state index < -0.39 is 36.0 Å². The number of nitro groups is 1. The lowest BCUT2D eigenvalue weighted by Gasteiger charge is -2.12. The largest absolute Gasteiger partial charge is 0.454 e. The smallest absolute Gasteiger partial charge is 0.406 e. The molecule has 0 aliphatic rings. The van der Waals surface area contributed by atoms with Crippen LogP contribution in [0.25, 0.3) is 6.08 Å². The standard InChI is InChI=1S/C19H17F3N2O5/c1-12-8-16(13(2)23(12)11-19(20,21)22)17(25)10-29-18(26)7-6-14-4-3-5-15(9-14)24(27)28/h3-9H,10-11H2,1-2H3. The van der Waals surface area contributed by atoms with Gasteiger partial charge in [0.05, 0.1) is 4.92 Å². The number of hydrogen-bond acceptors (Lipinski definition) is 5. The third-order valence-electron chi connectivity index (χ3n) is 4.05. The van der Waals surface area contributed by atoms with Crippen LogP contribution in [0.15, 0.2) is 36.4 Å². The van der Waals surface area contributed by atoms with E-state index in [1.54, 1.807) is 0 Å². The number of aromatic nitrogens is 1. The molecule has 29 heavy (non-hydrogen) atoms. The second kappa shape index (κ2) is 8.72. The van der Waals surface area contributed by atoms with Gasteiger partial charge in [-0.25, -0.2) is 4.79 Å². The first-order valence-electron chi connectivity index (χ1n) is 8.34. The summed E-state index contributed by atoms with van der Waals surface area (Å²) in [6, 6.07) is 6.85. The molecule has 0 amide bonds. The number of benzene rings is 1. The Morgan fingerprint density at radius 3 is 2.55 bits per heavy atom. The molecule has 0 spiro atoms. The van der Waals surface area contributed by atoms with Gasteiger partial charge in [-0.05, 0) is 31.6 Å². The van der Waals surface area contributed by atoms with E-state index in [0.717, 1.165) is 10.6 Å². The summed E-state index contributed by atoms with van der Waals surface area (Å²) < 4.78 is 43.7. The van der Waals surface area contributed by atoms with Crippen molar-refractivity contribution in [2.75, 3.05) is 6.61 Å². The molecule has 1 heterocycles. The van der Waals surface area contributed by atoms with Gasteiger partial charge in [0.1, 0.15) is 6.54 Å². The fourth-order valence-corrected chi connectivity index (χ4v) is 2.67. The third kappa shape index (κ3) is 6.03. The van der Waals surface area contributed by atoms with Gasteiger partial charge >= 0.3 is 12.1 Å². The molecule has 1 aromatic carbocycles. The van der Waals surface area contributed by atoms with Gasteiger partial charge in [0.2, 0.25) is 5.78 Å². The Hall–Kier alpha value is -3.43. The number of Topliss-reactive ketones (excluding diaryl/α,β-unsaturated/α-hetero) is 1. The van der Waals surface area contributed by atoms with Gasteiger partial charge in [0.15, 0.2) is 6.61 Å². The quantitative estimate of drug-likeness (QED) is 0.226. The molecular weight excluding hydrogens is 393 g/mol. The van der Waals surface area contributed by atoms with Crippen LogP contribution in [0.1, 0.15) is 27.3 Å². The van der Waals surface area contributed by atoms with Crippen molar-refractivity contribution >= 4 is 23.5 Å². The lowest BCUT2D eigenvalue weighted by Crippen LogP contribution is -2.20. The summed E-state index contributed by atoms with van der Waals surface area (Å²) in [6.07, 6.45) is -2.15. The second-order valence-electron chi connectivity index (χ2n) is 6.20. The number of alkyl halides is 3. The number of ketones is 1. The van der Waals surface area contributed by atoms with E-state index in [1.807, 2.05) is 0 Å². The lowest BCUT2D eigenvalue weighted by molar-refractivity contribution is -0.384. The fraction of sp³-hybridized carbons (Fsp3) is 0.263. The Balaban J connectivity index is 2.00. The minimum Gasteiger partial charge on any atom is -0.454 e. The molecule has 0 N–H and O–H groups in total. The molecule has 0 unspecified atom stereocenters. The number of nitro benzene ring substituents is 1. The average Bonchev–Trinajstić information content (AvgIpc) is 2.91. The number of carbonyl (C=O) groups excluding carboxylic acids is 2. The molecule has 0 aliphatic heterocycles. The van der Waals surface area contributed by atoms with Gasteiger partial charge in [-0.1, -0.05) is 12.1 Å². The van der Waals surface area contributed by atoms with Gasteiger partial charge < -0.3 is 9.30 Å². The van der Waals surface area contributed by atoms with E-state index in [9.17, 15) is 32.9 Å². The molecule has 154 valence electrons. The van der Waals surface area contributed by atoms with Crippen molar-refractivity contribution in [3.63, 3.8) is 0 Å². The van der Waals surface area contributed by atoms with Crippen molar-refractivity contribution in [3.8, 4) is 0 Å². The van der Waals surface area contributed by atoms with E-state index in [-0.39, 0.29) is 22.6 Å². The van der Waals surface area contributed by atoms with Crippen molar-refractivity contribution < 1.29 is 32.4 Å². The zero-order chi connectivity index (χ0) is 21.8. The summed E-state index contributed by atoms with van der Waals surface area (Å²) in [5.41, 5.74) is 0.679. The van der Waals surface area contributed by atoms with Gasteiger partial charge in [-0.2, -0.15) is 13.2 Å². The second-order valence-corrected chi connectivity index (χ2v) is 6.20. The van der Waals surface area contributed by atoms with Crippen molar-refractivity contribution in [2.24, 2.45) is 0 Å². The molecule has 0 radical (unpaired) electrons. The van der Waals surface area contributed by atoms with E-state index in [2.05, 4.69) is 0 Å². The number of nitrogens with zero attached hydrogens (tertiary/aromatic N) is 2. The number of esters is 1. The van der Waals surface area contributed by atoms with Crippen LogP contribution in [0.3, 0.4) is 0 Å². The zero-order valence-electron chi connectivity index (χ0n) is 15.5. The van der Waals surface area contributed by atoms with Crippen LogP contribution in [0, 0.1) is 24.0 Å². The molecule has 0 atom stereocenters. The average molecular weight is 410 g/mol. The van der Waals surface area contributed by atoms with Crippen LogP contribution in [0.4, 0.5) is 18.9 Å². The Morgan fingerprint density at radius 2 is 1.93 bits per heavy atom. The van der Waals surface area contributed by atoms with Crippen LogP contribution in [-0.4, -0.2) is 34.0 Å². The highest BCUT2D eigenvalue weighted by atomic mass is 19.4. The number of ether oxygens (including phenoxy) is 1. The molecule has 7 nitrogen and oxygen atoms in total. The summed E-state index contributed by atoms with van der Waals surface area (Å²) in [6.45, 7) is 0.970. The summed E-state index contributed by atoms with van der Waals surface area (Å²) in [5, 5.41) is 10.7. The molecule has 0 saturated heterocycles. The first-order chi connectivity index (χ1) is 13.5. The van der Waals surface area contributed by atoms with Crippen molar-refractivity contribution in [2.45, 2.75) is 26.6 Å². The molecule has 0 bridgehead atoms. The Kier molecular flexibility index (Phi) is 6.57. The summed E-state index contributed by atoms with van der Waals surface area (Å²) in [7, 11) is 0. The molecule has 0 aliphatic carbocycles. The minimum atomic E-state index is -4.43. The van der Waals surface area contributed by atoms with Gasteiger partial charge in [0, 0.05) is 35.2 Å². The molecule has 0 fully saturated rings. The van der Waals surface area contributed by atoms with Crippen LogP contribution < -0.4 is 0 Å². The normalized spacial score (nSPS) is 11.6. The van der Waals surface area contributed by atoms with Crippen molar-refractivity contribution in [1.29, 1.82) is 0 Å². The number of carbonyl (C=O) groups is 2. The highest BCUT2D eigenvalue weighted by Gasteiger charge is 2.30. The maximum absolute atomic E-state index is 12.6. The van der Waals surface area contributed by atoms with E-state index in [1.165, 1.54) is 50.3 Å². The van der Waals surface area contributed by atoms with Crippen molar-refractivity contribution in [3.05, 3.63) is 69.0 Å². The van der Waals surface area contributed by atoms with Gasteiger partial charge in [-0.3, -0.25) is 14.9 Å². The summed E-state index contributed by atoms with van der Waals surface area (Å²) in [4.78, 5) is 34.1. The molecule has 10 heteroatoms. The highest BCUT2D eigenvalue weighted by molar-refractivity contribution is 6.00. The Labute approximate surface area is 163 Å². The molecule has 2 rings (SSSR count). The molecule has 0 saturated carbocycles. The maximum atomic E-state index is 12.6. The number of rotatable bonds is 7. The molecule has 2 aromatic rings. The molecule has 1 aromatic heterocycles. The Bertz CT molecular complexity index is 977. The number of hydrogen-bond donors (Lipinski definition) is 0. The first kappa shape index (κ1) is 21.9.